The average Bonchev–Trinajstić information content (AvgIpc) is 2.59. The minimum Gasteiger partial charge on any atom is -0.378 e. The number of likely N-dealkylation sites (tertiary alicyclic amines) is 1. The van der Waals surface area contributed by atoms with Gasteiger partial charge in [-0.15, -0.1) is 0 Å². The van der Waals surface area contributed by atoms with E-state index in [4.69, 9.17) is 4.74 Å². The standard InChI is InChI=1S/C14H28N2O2.2C2H6/c1-3-14(17)15-9-5-4-6-12-18-13-7-10-16(2)11-8-13;2*1-2/h13H,3-12H2,1-2H3,(H,15,17);2*1-2H3. The molecule has 0 aromatic heterocycles. The molecule has 0 spiro atoms. The number of carbonyl (C=O) groups is 1. The molecular weight excluding hydrogens is 276 g/mol. The first-order valence-electron chi connectivity index (χ1n) is 9.29. The Morgan fingerprint density at radius 3 is 2.23 bits per heavy atom. The van der Waals surface area contributed by atoms with Gasteiger partial charge >= 0.3 is 0 Å². The van der Waals surface area contributed by atoms with Crippen molar-refractivity contribution in [3.05, 3.63) is 0 Å². The minimum atomic E-state index is 0.151. The Labute approximate surface area is 139 Å². The summed E-state index contributed by atoms with van der Waals surface area (Å²) in [4.78, 5) is 13.4. The Morgan fingerprint density at radius 2 is 1.68 bits per heavy atom. The van der Waals surface area contributed by atoms with Crippen LogP contribution in [0.2, 0.25) is 0 Å². The Hall–Kier alpha value is -0.610. The summed E-state index contributed by atoms with van der Waals surface area (Å²) in [6.45, 7) is 13.9. The lowest BCUT2D eigenvalue weighted by atomic mass is 10.1. The van der Waals surface area contributed by atoms with E-state index >= 15 is 0 Å². The van der Waals surface area contributed by atoms with Gasteiger partial charge in [-0.05, 0) is 39.2 Å². The molecule has 1 fully saturated rings. The van der Waals surface area contributed by atoms with Crippen LogP contribution in [0.5, 0.6) is 0 Å². The van der Waals surface area contributed by atoms with Crippen LogP contribution in [0.25, 0.3) is 0 Å². The van der Waals surface area contributed by atoms with Crippen LogP contribution in [-0.4, -0.2) is 50.2 Å². The summed E-state index contributed by atoms with van der Waals surface area (Å²) in [7, 11) is 2.17. The molecule has 22 heavy (non-hydrogen) atoms. The number of amides is 1. The topological polar surface area (TPSA) is 41.6 Å². The Bertz CT molecular complexity index is 227. The molecule has 0 unspecified atom stereocenters. The van der Waals surface area contributed by atoms with E-state index in [9.17, 15) is 4.79 Å². The molecule has 1 aliphatic rings. The molecule has 1 aliphatic heterocycles. The molecule has 4 nitrogen and oxygen atoms in total. The zero-order chi connectivity index (χ0) is 17.2. The second kappa shape index (κ2) is 18.4. The fourth-order valence-corrected chi connectivity index (χ4v) is 2.16. The van der Waals surface area contributed by atoms with Gasteiger partial charge in [0.1, 0.15) is 0 Å². The fraction of sp³-hybridized carbons (Fsp3) is 0.944. The molecule has 1 amide bonds. The van der Waals surface area contributed by atoms with Crippen LogP contribution in [0.15, 0.2) is 0 Å². The molecular formula is C18H40N2O2. The van der Waals surface area contributed by atoms with Crippen LogP contribution in [-0.2, 0) is 9.53 Å². The molecule has 0 atom stereocenters. The van der Waals surface area contributed by atoms with Crippen molar-refractivity contribution in [3.8, 4) is 0 Å². The van der Waals surface area contributed by atoms with Gasteiger partial charge in [-0.2, -0.15) is 0 Å². The lowest BCUT2D eigenvalue weighted by molar-refractivity contribution is -0.120. The van der Waals surface area contributed by atoms with Crippen LogP contribution in [0.1, 0.15) is 73.1 Å². The summed E-state index contributed by atoms with van der Waals surface area (Å²) < 4.78 is 5.87. The highest BCUT2D eigenvalue weighted by molar-refractivity contribution is 5.75. The third kappa shape index (κ3) is 14.3. The second-order valence-corrected chi connectivity index (χ2v) is 5.14. The average molecular weight is 317 g/mol. The summed E-state index contributed by atoms with van der Waals surface area (Å²) in [6, 6.07) is 0. The maximum absolute atomic E-state index is 11.0. The summed E-state index contributed by atoms with van der Waals surface area (Å²) >= 11 is 0. The number of nitrogens with one attached hydrogen (secondary N) is 1. The molecule has 0 aromatic rings. The van der Waals surface area contributed by atoms with Crippen molar-refractivity contribution in [3.63, 3.8) is 0 Å². The highest BCUT2D eigenvalue weighted by Crippen LogP contribution is 2.12. The van der Waals surface area contributed by atoms with Crippen LogP contribution in [0.4, 0.5) is 0 Å². The van der Waals surface area contributed by atoms with Gasteiger partial charge in [-0.3, -0.25) is 4.79 Å². The van der Waals surface area contributed by atoms with Gasteiger partial charge in [0.2, 0.25) is 5.91 Å². The normalized spacial score (nSPS) is 15.2. The van der Waals surface area contributed by atoms with E-state index in [1.807, 2.05) is 34.6 Å². The highest BCUT2D eigenvalue weighted by Gasteiger charge is 2.16. The maximum Gasteiger partial charge on any atom is 0.219 e. The summed E-state index contributed by atoms with van der Waals surface area (Å²) in [5, 5.41) is 2.89. The van der Waals surface area contributed by atoms with Gasteiger partial charge < -0.3 is 15.0 Å². The van der Waals surface area contributed by atoms with E-state index in [2.05, 4.69) is 17.3 Å². The first kappa shape index (κ1) is 23.7. The van der Waals surface area contributed by atoms with Crippen molar-refractivity contribution in [2.75, 3.05) is 33.3 Å². The number of hydrogen-bond donors (Lipinski definition) is 1. The van der Waals surface area contributed by atoms with E-state index in [0.29, 0.717) is 12.5 Å². The van der Waals surface area contributed by atoms with Gasteiger partial charge in [0.05, 0.1) is 6.10 Å². The summed E-state index contributed by atoms with van der Waals surface area (Å²) in [5.74, 6) is 0.151. The minimum absolute atomic E-state index is 0.151. The van der Waals surface area contributed by atoms with Gasteiger partial charge in [-0.25, -0.2) is 0 Å². The molecule has 134 valence electrons. The predicted molar refractivity (Wildman–Crippen MR) is 96.3 cm³/mol. The molecule has 0 bridgehead atoms. The van der Waals surface area contributed by atoms with Crippen LogP contribution < -0.4 is 5.32 Å². The molecule has 4 heteroatoms. The maximum atomic E-state index is 11.0. The van der Waals surface area contributed by atoms with Crippen molar-refractivity contribution in [2.24, 2.45) is 0 Å². The van der Waals surface area contributed by atoms with Gasteiger partial charge in [0.15, 0.2) is 0 Å². The first-order valence-corrected chi connectivity index (χ1v) is 9.29. The van der Waals surface area contributed by atoms with Crippen LogP contribution >= 0.6 is 0 Å². The van der Waals surface area contributed by atoms with Crippen LogP contribution in [0.3, 0.4) is 0 Å². The molecule has 0 aromatic carbocycles. The van der Waals surface area contributed by atoms with Crippen molar-refractivity contribution in [1.82, 2.24) is 10.2 Å². The lowest BCUT2D eigenvalue weighted by Gasteiger charge is -2.28. The number of piperidine rings is 1. The Morgan fingerprint density at radius 1 is 1.09 bits per heavy atom. The molecule has 1 rings (SSSR count). The SMILES string of the molecule is CC.CC.CCC(=O)NCCCCCOC1CCN(C)CC1. The third-order valence-electron chi connectivity index (χ3n) is 3.48. The number of unbranched alkanes of at least 4 members (excludes halogenated alkanes) is 2. The van der Waals surface area contributed by atoms with E-state index in [1.165, 1.54) is 12.8 Å². The molecule has 0 aliphatic carbocycles. The molecule has 1 saturated heterocycles. The van der Waals surface area contributed by atoms with Crippen molar-refractivity contribution < 1.29 is 9.53 Å². The number of nitrogens with zero attached hydrogens (tertiary/aromatic N) is 1. The third-order valence-corrected chi connectivity index (χ3v) is 3.48. The largest absolute Gasteiger partial charge is 0.378 e. The highest BCUT2D eigenvalue weighted by atomic mass is 16.5. The number of hydrogen-bond acceptors (Lipinski definition) is 3. The molecule has 0 radical (unpaired) electrons. The first-order chi connectivity index (χ1) is 10.7. The van der Waals surface area contributed by atoms with Gasteiger partial charge in [-0.1, -0.05) is 34.6 Å². The lowest BCUT2D eigenvalue weighted by Crippen LogP contribution is -2.34. The molecule has 0 saturated carbocycles. The fourth-order valence-electron chi connectivity index (χ4n) is 2.16. The quantitative estimate of drug-likeness (QED) is 0.692. The Balaban J connectivity index is 0. The smallest absolute Gasteiger partial charge is 0.219 e. The Kier molecular flexibility index (Phi) is 19.8. The summed E-state index contributed by atoms with van der Waals surface area (Å²) in [6.07, 6.45) is 6.69. The summed E-state index contributed by atoms with van der Waals surface area (Å²) in [5.41, 5.74) is 0. The van der Waals surface area contributed by atoms with E-state index in [-0.39, 0.29) is 5.91 Å². The number of rotatable bonds is 8. The number of ether oxygens (including phenoxy) is 1. The second-order valence-electron chi connectivity index (χ2n) is 5.14. The van der Waals surface area contributed by atoms with Crippen LogP contribution in [0, 0.1) is 0 Å². The zero-order valence-corrected chi connectivity index (χ0v) is 15.9. The van der Waals surface area contributed by atoms with Crippen molar-refractivity contribution in [1.29, 1.82) is 0 Å². The predicted octanol–water partition coefficient (Wildman–Crippen LogP) is 3.85. The van der Waals surface area contributed by atoms with Crippen molar-refractivity contribution >= 4 is 5.91 Å². The molecule has 1 N–H and O–H groups in total. The number of carbonyl (C=O) groups excluding carboxylic acids is 1. The monoisotopic (exact) mass is 316 g/mol. The van der Waals surface area contributed by atoms with Gasteiger partial charge in [0, 0.05) is 32.7 Å². The van der Waals surface area contributed by atoms with E-state index in [1.54, 1.807) is 0 Å². The zero-order valence-electron chi connectivity index (χ0n) is 15.9. The van der Waals surface area contributed by atoms with E-state index in [0.717, 1.165) is 45.5 Å². The molecule has 1 heterocycles. The van der Waals surface area contributed by atoms with Crippen molar-refractivity contribution in [2.45, 2.75) is 79.2 Å². The van der Waals surface area contributed by atoms with E-state index < -0.39 is 0 Å². The van der Waals surface area contributed by atoms with Gasteiger partial charge in [0.25, 0.3) is 0 Å².